The van der Waals surface area contributed by atoms with Crippen LogP contribution in [0.15, 0.2) is 12.1 Å². The number of carbonyl (C=O) groups excluding carboxylic acids is 1. The van der Waals surface area contributed by atoms with Gasteiger partial charge in [0.25, 0.3) is 0 Å². The zero-order valence-electron chi connectivity index (χ0n) is 13.9. The van der Waals surface area contributed by atoms with Gasteiger partial charge in [-0.15, -0.1) is 0 Å². The lowest BCUT2D eigenvalue weighted by molar-refractivity contribution is 0.112. The molecule has 2 nitrogen and oxygen atoms in total. The van der Waals surface area contributed by atoms with E-state index in [0.29, 0.717) is 6.29 Å². The Morgan fingerprint density at radius 2 is 0.900 bits per heavy atom. The van der Waals surface area contributed by atoms with E-state index in [4.69, 9.17) is 116 Å². The summed E-state index contributed by atoms with van der Waals surface area (Å²) in [6.45, 7) is 0. The van der Waals surface area contributed by atoms with Crippen LogP contribution in [0.1, 0.15) is 10.4 Å². The van der Waals surface area contributed by atoms with Crippen LogP contribution in [0.25, 0.3) is 22.5 Å². The van der Waals surface area contributed by atoms with Crippen LogP contribution in [-0.2, 0) is 0 Å². The Balaban J connectivity index is 2.41. The molecule has 0 saturated carbocycles. The predicted molar refractivity (Wildman–Crippen MR) is 131 cm³/mol. The highest BCUT2D eigenvalue weighted by molar-refractivity contribution is 6.57. The van der Waals surface area contributed by atoms with Gasteiger partial charge in [0.05, 0.1) is 61.6 Å². The minimum Gasteiger partial charge on any atom is -0.298 e. The average Bonchev–Trinajstić information content (AvgIpc) is 2.74. The molecule has 0 atom stereocenters. The van der Waals surface area contributed by atoms with Crippen LogP contribution in [0.3, 0.4) is 0 Å². The molecule has 0 aliphatic carbocycles. The predicted octanol–water partition coefficient (Wildman–Crippen LogP) is 10.8. The first kappa shape index (κ1) is 24.8. The van der Waals surface area contributed by atoms with Crippen molar-refractivity contribution in [1.29, 1.82) is 0 Å². The summed E-state index contributed by atoms with van der Waals surface area (Å²) in [6, 6.07) is 2.94. The van der Waals surface area contributed by atoms with Crippen LogP contribution >= 0.6 is 116 Å². The second-order valence-electron chi connectivity index (χ2n) is 5.64. The number of nitrogens with zero attached hydrogens (tertiary/aromatic N) is 1. The van der Waals surface area contributed by atoms with Crippen molar-refractivity contribution in [1.82, 2.24) is 4.98 Å². The fraction of sp³-hybridized carbons (Fsp3) is 0. The number of carbonyl (C=O) groups is 1. The lowest BCUT2D eigenvalue weighted by Gasteiger charge is -2.16. The van der Waals surface area contributed by atoms with Crippen molar-refractivity contribution in [2.45, 2.75) is 0 Å². The standard InChI is InChI=1S/C18H3Cl10NO/c19-8-6(9(20)13(24)16(27)12(8)23)5-2-1-4(3-30)18(29-5)7-10(21)14(25)17(28)15(26)11(7)22/h1-3H. The topological polar surface area (TPSA) is 30.0 Å². The number of rotatable bonds is 3. The van der Waals surface area contributed by atoms with Gasteiger partial charge in [0.2, 0.25) is 0 Å². The van der Waals surface area contributed by atoms with Gasteiger partial charge in [-0.2, -0.15) is 0 Å². The molecule has 3 rings (SSSR count). The van der Waals surface area contributed by atoms with E-state index in [0.717, 1.165) is 0 Å². The van der Waals surface area contributed by atoms with Crippen LogP contribution in [0.5, 0.6) is 0 Å². The monoisotopic (exact) mass is 599 g/mol. The molecule has 0 radical (unpaired) electrons. The summed E-state index contributed by atoms with van der Waals surface area (Å²) in [5.41, 5.74) is 0.693. The Morgan fingerprint density at radius 3 is 1.30 bits per heavy atom. The van der Waals surface area contributed by atoms with Crippen LogP contribution in [-0.4, -0.2) is 11.3 Å². The Kier molecular flexibility index (Phi) is 7.91. The van der Waals surface area contributed by atoms with Crippen molar-refractivity contribution < 1.29 is 4.79 Å². The van der Waals surface area contributed by atoms with Crippen molar-refractivity contribution in [3.8, 4) is 22.5 Å². The van der Waals surface area contributed by atoms with Crippen LogP contribution < -0.4 is 0 Å². The van der Waals surface area contributed by atoms with Gasteiger partial charge in [-0.1, -0.05) is 116 Å². The van der Waals surface area contributed by atoms with Gasteiger partial charge >= 0.3 is 0 Å². The minimum atomic E-state index is -0.0552. The first-order valence-corrected chi connectivity index (χ1v) is 11.3. The molecular weight excluding hydrogens is 601 g/mol. The molecule has 0 saturated heterocycles. The maximum atomic E-state index is 11.7. The van der Waals surface area contributed by atoms with Gasteiger partial charge in [-0.25, -0.2) is 4.98 Å². The van der Waals surface area contributed by atoms with E-state index < -0.39 is 0 Å². The fourth-order valence-corrected chi connectivity index (χ4v) is 5.20. The molecule has 0 aliphatic heterocycles. The Labute approximate surface area is 220 Å². The summed E-state index contributed by atoms with van der Waals surface area (Å²) < 4.78 is 0. The number of benzene rings is 2. The molecule has 0 spiro atoms. The van der Waals surface area contributed by atoms with Gasteiger partial charge in [-0.3, -0.25) is 4.79 Å². The number of hydrogen-bond donors (Lipinski definition) is 0. The van der Waals surface area contributed by atoms with Gasteiger partial charge in [0.15, 0.2) is 6.29 Å². The molecule has 0 fully saturated rings. The van der Waals surface area contributed by atoms with Crippen molar-refractivity contribution in [2.24, 2.45) is 0 Å². The van der Waals surface area contributed by atoms with E-state index >= 15 is 0 Å². The number of halogens is 10. The molecule has 1 aromatic heterocycles. The summed E-state index contributed by atoms with van der Waals surface area (Å²) >= 11 is 62.1. The summed E-state index contributed by atoms with van der Waals surface area (Å²) in [6.07, 6.45) is 0.556. The molecule has 0 N–H and O–H groups in total. The second-order valence-corrected chi connectivity index (χ2v) is 9.42. The van der Waals surface area contributed by atoms with Crippen LogP contribution in [0.2, 0.25) is 50.2 Å². The molecule has 12 heteroatoms. The molecule has 1 heterocycles. The zero-order valence-corrected chi connectivity index (χ0v) is 21.4. The highest BCUT2D eigenvalue weighted by Gasteiger charge is 2.26. The Bertz CT molecular complexity index is 1170. The maximum Gasteiger partial charge on any atom is 0.152 e. The number of aldehydes is 1. The van der Waals surface area contributed by atoms with Gasteiger partial charge in [0, 0.05) is 16.7 Å². The Hall–Kier alpha value is 0.160. The van der Waals surface area contributed by atoms with Gasteiger partial charge < -0.3 is 0 Å². The molecule has 0 amide bonds. The average molecular weight is 604 g/mol. The van der Waals surface area contributed by atoms with E-state index in [1.165, 1.54) is 12.1 Å². The molecule has 2 aromatic carbocycles. The first-order chi connectivity index (χ1) is 14.0. The van der Waals surface area contributed by atoms with Crippen LogP contribution in [0.4, 0.5) is 0 Å². The number of pyridine rings is 1. The van der Waals surface area contributed by atoms with E-state index in [2.05, 4.69) is 4.98 Å². The highest BCUT2D eigenvalue weighted by Crippen LogP contribution is 2.50. The molecule has 3 aromatic rings. The molecule has 0 aliphatic rings. The fourth-order valence-electron chi connectivity index (χ4n) is 2.55. The smallest absolute Gasteiger partial charge is 0.152 e. The first-order valence-electron chi connectivity index (χ1n) is 7.52. The van der Waals surface area contributed by atoms with E-state index in [1.807, 2.05) is 0 Å². The Morgan fingerprint density at radius 1 is 0.533 bits per heavy atom. The SMILES string of the molecule is O=Cc1ccc(-c2c(Cl)c(Cl)c(Cl)c(Cl)c2Cl)nc1-c1c(Cl)c(Cl)c(Cl)c(Cl)c1Cl. The number of aromatic nitrogens is 1. The van der Waals surface area contributed by atoms with Gasteiger partial charge in [-0.05, 0) is 12.1 Å². The van der Waals surface area contributed by atoms with E-state index in [9.17, 15) is 4.79 Å². The summed E-state index contributed by atoms with van der Waals surface area (Å²) in [5, 5.41) is -0.261. The zero-order chi connectivity index (χ0) is 22.5. The third-order valence-electron chi connectivity index (χ3n) is 3.97. The number of hydrogen-bond acceptors (Lipinski definition) is 2. The van der Waals surface area contributed by atoms with Crippen molar-refractivity contribution in [3.05, 3.63) is 67.9 Å². The highest BCUT2D eigenvalue weighted by atomic mass is 35.5. The lowest BCUT2D eigenvalue weighted by Crippen LogP contribution is -1.98. The minimum absolute atomic E-state index is 0.0100. The summed E-state index contributed by atoms with van der Waals surface area (Å²) in [5.74, 6) is 0. The molecule has 0 unspecified atom stereocenters. The molecule has 0 bridgehead atoms. The molecular formula is C18H3Cl10NO. The van der Waals surface area contributed by atoms with Crippen molar-refractivity contribution >= 4 is 122 Å². The summed E-state index contributed by atoms with van der Waals surface area (Å²) in [7, 11) is 0. The largest absolute Gasteiger partial charge is 0.298 e. The quantitative estimate of drug-likeness (QED) is 0.169. The lowest BCUT2D eigenvalue weighted by atomic mass is 10.0. The summed E-state index contributed by atoms with van der Waals surface area (Å²) in [4.78, 5) is 16.1. The van der Waals surface area contributed by atoms with Gasteiger partial charge in [0.1, 0.15) is 0 Å². The normalized spacial score (nSPS) is 11.1. The third kappa shape index (κ3) is 4.10. The molecule has 30 heavy (non-hydrogen) atoms. The molecule has 156 valence electrons. The second kappa shape index (κ2) is 9.57. The van der Waals surface area contributed by atoms with E-state index in [-0.39, 0.29) is 78.3 Å². The maximum absolute atomic E-state index is 11.7. The third-order valence-corrected chi connectivity index (χ3v) is 8.52. The van der Waals surface area contributed by atoms with Crippen molar-refractivity contribution in [2.75, 3.05) is 0 Å². The van der Waals surface area contributed by atoms with Crippen molar-refractivity contribution in [3.63, 3.8) is 0 Å². The van der Waals surface area contributed by atoms with Crippen LogP contribution in [0, 0.1) is 0 Å². The van der Waals surface area contributed by atoms with E-state index in [1.54, 1.807) is 0 Å².